The third-order valence-corrected chi connectivity index (χ3v) is 5.53. The Kier molecular flexibility index (Phi) is 5.70. The minimum atomic E-state index is -2.83. The lowest BCUT2D eigenvalue weighted by Crippen LogP contribution is -2.04. The van der Waals surface area contributed by atoms with E-state index in [1.165, 1.54) is 12.5 Å². The van der Waals surface area contributed by atoms with Crippen molar-refractivity contribution < 1.29 is 9.00 Å². The summed E-state index contributed by atoms with van der Waals surface area (Å²) in [6.45, 7) is 0. The summed E-state index contributed by atoms with van der Waals surface area (Å²) in [6.07, 6.45) is 4.39. The lowest BCUT2D eigenvalue weighted by atomic mass is 10.2. The Balaban J connectivity index is 1.87. The molecule has 0 bridgehead atoms. The van der Waals surface area contributed by atoms with Crippen molar-refractivity contribution in [3.05, 3.63) is 94.8 Å². The highest BCUT2D eigenvalue weighted by Crippen LogP contribution is 2.13. The number of pyridine rings is 1. The lowest BCUT2D eigenvalue weighted by molar-refractivity contribution is 0.100. The summed E-state index contributed by atoms with van der Waals surface area (Å²) in [4.78, 5) is 17.0. The van der Waals surface area contributed by atoms with E-state index < -0.39 is 15.6 Å². The van der Waals surface area contributed by atoms with E-state index in [1.54, 1.807) is 60.8 Å². The first kappa shape index (κ1) is 18.8. The quantitative estimate of drug-likeness (QED) is 0.604. The van der Waals surface area contributed by atoms with Gasteiger partial charge in [-0.25, -0.2) is 4.21 Å². The van der Waals surface area contributed by atoms with E-state index in [9.17, 15) is 9.00 Å². The molecule has 1 amide bonds. The number of hydrogen-bond acceptors (Lipinski definition) is 3. The number of amides is 1. The highest BCUT2D eigenvalue weighted by atomic mass is 35.5. The minimum Gasteiger partial charge on any atom is -0.266 e. The average Bonchev–Trinajstić information content (AvgIpc) is 2.68. The van der Waals surface area contributed by atoms with Gasteiger partial charge in [-0.05, 0) is 42.5 Å². The summed E-state index contributed by atoms with van der Waals surface area (Å²) in [7, 11) is -2.83. The van der Waals surface area contributed by atoms with Crippen LogP contribution in [0.25, 0.3) is 0 Å². The van der Waals surface area contributed by atoms with Gasteiger partial charge in [0.2, 0.25) is 0 Å². The van der Waals surface area contributed by atoms with Gasteiger partial charge in [0, 0.05) is 39.7 Å². The maximum absolute atomic E-state index is 12.7. The molecule has 0 aliphatic carbocycles. The van der Waals surface area contributed by atoms with Crippen LogP contribution in [0, 0.1) is 11.8 Å². The molecule has 0 aliphatic heterocycles. The zero-order chi connectivity index (χ0) is 19.3. The van der Waals surface area contributed by atoms with Crippen LogP contribution in [-0.4, -0.2) is 21.4 Å². The van der Waals surface area contributed by atoms with E-state index in [-0.39, 0.29) is 5.56 Å². The number of rotatable bonds is 2. The SMILES string of the molecule is C[S@@](=O)(=NC(=O)c1cncc(C#Cc2ccc(Cl)cc2)c1)c1ccccc1. The maximum atomic E-state index is 12.7. The number of benzene rings is 2. The molecule has 3 rings (SSSR count). The van der Waals surface area contributed by atoms with E-state index in [4.69, 9.17) is 11.6 Å². The van der Waals surface area contributed by atoms with Crippen LogP contribution in [0.4, 0.5) is 0 Å². The highest BCUT2D eigenvalue weighted by molar-refractivity contribution is 7.93. The number of carbonyl (C=O) groups is 1. The zero-order valence-electron chi connectivity index (χ0n) is 14.4. The van der Waals surface area contributed by atoms with Crippen molar-refractivity contribution in [1.82, 2.24) is 4.98 Å². The summed E-state index contributed by atoms with van der Waals surface area (Å²) in [5.74, 6) is 5.34. The Morgan fingerprint density at radius 1 is 1.00 bits per heavy atom. The van der Waals surface area contributed by atoms with Crippen molar-refractivity contribution in [2.75, 3.05) is 6.26 Å². The predicted octanol–water partition coefficient (Wildman–Crippen LogP) is 4.43. The van der Waals surface area contributed by atoms with Crippen LogP contribution < -0.4 is 0 Å². The van der Waals surface area contributed by atoms with Gasteiger partial charge in [0.05, 0.1) is 15.3 Å². The van der Waals surface area contributed by atoms with Gasteiger partial charge >= 0.3 is 0 Å². The second-order valence-corrected chi connectivity index (χ2v) is 8.43. The first-order valence-electron chi connectivity index (χ1n) is 7.98. The van der Waals surface area contributed by atoms with Crippen LogP contribution in [0.2, 0.25) is 5.02 Å². The standard InChI is InChI=1S/C21H15ClN2O2S/c1-27(26,20-5-3-2-4-6-20)24-21(25)18-13-17(14-23-15-18)8-7-16-9-11-19(22)12-10-16/h2-6,9-15H,1H3/t27-/m0/s1. The Labute approximate surface area is 163 Å². The normalized spacial score (nSPS) is 12.4. The molecule has 27 heavy (non-hydrogen) atoms. The number of hydrogen-bond donors (Lipinski definition) is 0. The molecular formula is C21H15ClN2O2S. The molecule has 0 radical (unpaired) electrons. The van der Waals surface area contributed by atoms with Crippen molar-refractivity contribution >= 4 is 27.2 Å². The van der Waals surface area contributed by atoms with Gasteiger partial charge in [-0.15, -0.1) is 0 Å². The van der Waals surface area contributed by atoms with Gasteiger partial charge < -0.3 is 0 Å². The van der Waals surface area contributed by atoms with Gasteiger partial charge in [-0.1, -0.05) is 41.6 Å². The van der Waals surface area contributed by atoms with E-state index in [2.05, 4.69) is 21.2 Å². The first-order valence-corrected chi connectivity index (χ1v) is 10.3. The van der Waals surface area contributed by atoms with Crippen LogP contribution in [0.15, 0.2) is 82.3 Å². The fourth-order valence-electron chi connectivity index (χ4n) is 2.24. The van der Waals surface area contributed by atoms with Crippen molar-refractivity contribution in [2.24, 2.45) is 4.36 Å². The van der Waals surface area contributed by atoms with E-state index >= 15 is 0 Å². The molecule has 1 aromatic heterocycles. The van der Waals surface area contributed by atoms with Crippen LogP contribution >= 0.6 is 11.6 Å². The number of aromatic nitrogens is 1. The topological polar surface area (TPSA) is 59.4 Å². The summed E-state index contributed by atoms with van der Waals surface area (Å²) in [6, 6.07) is 17.4. The molecule has 3 aromatic rings. The van der Waals surface area contributed by atoms with Crippen LogP contribution in [-0.2, 0) is 9.73 Å². The van der Waals surface area contributed by atoms with E-state index in [0.29, 0.717) is 15.5 Å². The van der Waals surface area contributed by atoms with E-state index in [0.717, 1.165) is 5.56 Å². The smallest absolute Gasteiger partial charge is 0.266 e. The molecule has 134 valence electrons. The Morgan fingerprint density at radius 3 is 2.37 bits per heavy atom. The molecular weight excluding hydrogens is 380 g/mol. The fraction of sp³-hybridized carbons (Fsp3) is 0.0476. The first-order chi connectivity index (χ1) is 12.9. The summed E-state index contributed by atoms with van der Waals surface area (Å²) in [5, 5.41) is 0.637. The molecule has 0 saturated heterocycles. The fourth-order valence-corrected chi connectivity index (χ4v) is 3.55. The largest absolute Gasteiger partial charge is 0.286 e. The molecule has 6 heteroatoms. The van der Waals surface area contributed by atoms with Crippen LogP contribution in [0.1, 0.15) is 21.5 Å². The third kappa shape index (κ3) is 5.04. The molecule has 1 atom stereocenters. The maximum Gasteiger partial charge on any atom is 0.286 e. The zero-order valence-corrected chi connectivity index (χ0v) is 16.0. The molecule has 0 unspecified atom stereocenters. The predicted molar refractivity (Wildman–Crippen MR) is 107 cm³/mol. The Hall–Kier alpha value is -2.94. The van der Waals surface area contributed by atoms with Crippen molar-refractivity contribution in [2.45, 2.75) is 4.90 Å². The Morgan fingerprint density at radius 2 is 1.67 bits per heavy atom. The van der Waals surface area contributed by atoms with Crippen molar-refractivity contribution in [3.63, 3.8) is 0 Å². The van der Waals surface area contributed by atoms with Gasteiger partial charge in [0.1, 0.15) is 0 Å². The van der Waals surface area contributed by atoms with Gasteiger partial charge in [0.25, 0.3) is 5.91 Å². The summed E-state index contributed by atoms with van der Waals surface area (Å²) >= 11 is 5.85. The van der Waals surface area contributed by atoms with E-state index in [1.807, 2.05) is 6.07 Å². The van der Waals surface area contributed by atoms with Gasteiger partial charge in [0.15, 0.2) is 0 Å². The third-order valence-electron chi connectivity index (χ3n) is 3.62. The average molecular weight is 395 g/mol. The number of carbonyl (C=O) groups excluding carboxylic acids is 1. The van der Waals surface area contributed by atoms with Crippen molar-refractivity contribution in [1.29, 1.82) is 0 Å². The Bertz CT molecular complexity index is 1150. The van der Waals surface area contributed by atoms with Crippen LogP contribution in [0.3, 0.4) is 0 Å². The lowest BCUT2D eigenvalue weighted by Gasteiger charge is -2.03. The van der Waals surface area contributed by atoms with Crippen molar-refractivity contribution in [3.8, 4) is 11.8 Å². The molecule has 0 aliphatic rings. The minimum absolute atomic E-state index is 0.239. The summed E-state index contributed by atoms with van der Waals surface area (Å²) in [5.41, 5.74) is 1.60. The number of halogens is 1. The number of nitrogens with zero attached hydrogens (tertiary/aromatic N) is 2. The highest BCUT2D eigenvalue weighted by Gasteiger charge is 2.11. The van der Waals surface area contributed by atoms with Gasteiger partial charge in [-0.3, -0.25) is 9.78 Å². The molecule has 0 saturated carbocycles. The molecule has 0 N–H and O–H groups in total. The van der Waals surface area contributed by atoms with Crippen LogP contribution in [0.5, 0.6) is 0 Å². The second-order valence-electron chi connectivity index (χ2n) is 5.73. The second kappa shape index (κ2) is 8.17. The van der Waals surface area contributed by atoms with Gasteiger partial charge in [-0.2, -0.15) is 4.36 Å². The summed E-state index contributed by atoms with van der Waals surface area (Å²) < 4.78 is 16.7. The molecule has 1 heterocycles. The molecule has 4 nitrogen and oxygen atoms in total. The monoisotopic (exact) mass is 394 g/mol. The molecule has 0 fully saturated rings. The molecule has 2 aromatic carbocycles. The molecule has 0 spiro atoms.